The van der Waals surface area contributed by atoms with Crippen LogP contribution >= 0.6 is 0 Å². The van der Waals surface area contributed by atoms with Gasteiger partial charge in [0.2, 0.25) is 0 Å². The number of ether oxygens (including phenoxy) is 2. The first-order valence-electron chi connectivity index (χ1n) is 7.64. The van der Waals surface area contributed by atoms with Crippen molar-refractivity contribution in [3.8, 4) is 0 Å². The Morgan fingerprint density at radius 2 is 1.08 bits per heavy atom. The fourth-order valence-corrected chi connectivity index (χ4v) is 1.75. The van der Waals surface area contributed by atoms with Crippen molar-refractivity contribution in [2.75, 3.05) is 13.2 Å². The Morgan fingerprint density at radius 3 is 1.35 bits per heavy atom. The molecule has 0 spiro atoms. The van der Waals surface area contributed by atoms with E-state index in [9.17, 15) is 29.4 Å². The topological polar surface area (TPSA) is 127 Å². The van der Waals surface area contributed by atoms with Crippen molar-refractivity contribution in [2.24, 2.45) is 0 Å². The highest BCUT2D eigenvalue weighted by atomic mass is 16.5. The summed E-state index contributed by atoms with van der Waals surface area (Å²) in [7, 11) is 0. The van der Waals surface area contributed by atoms with Crippen molar-refractivity contribution in [2.45, 2.75) is 13.8 Å². The average molecular weight is 362 g/mol. The predicted molar refractivity (Wildman–Crippen MR) is 90.9 cm³/mol. The van der Waals surface area contributed by atoms with E-state index in [-0.39, 0.29) is 24.3 Å². The molecule has 0 radical (unpaired) electrons. The monoisotopic (exact) mass is 362 g/mol. The van der Waals surface area contributed by atoms with Crippen LogP contribution in [0, 0.1) is 0 Å². The van der Waals surface area contributed by atoms with Gasteiger partial charge in [0.1, 0.15) is 11.5 Å². The molecule has 0 heterocycles. The van der Waals surface area contributed by atoms with E-state index in [0.29, 0.717) is 12.2 Å². The second-order valence-electron chi connectivity index (χ2n) is 4.81. The van der Waals surface area contributed by atoms with Gasteiger partial charge in [0.05, 0.1) is 13.2 Å². The summed E-state index contributed by atoms with van der Waals surface area (Å²) in [5.74, 6) is -5.16. The molecule has 0 aliphatic carbocycles. The molecule has 0 bridgehead atoms. The molecule has 1 aromatic rings. The molecule has 8 heteroatoms. The highest BCUT2D eigenvalue weighted by molar-refractivity contribution is 6.39. The summed E-state index contributed by atoms with van der Waals surface area (Å²) in [4.78, 5) is 45.4. The molecule has 26 heavy (non-hydrogen) atoms. The maximum Gasteiger partial charge on any atom is 0.379 e. The molecule has 0 unspecified atom stereocenters. The third kappa shape index (κ3) is 5.90. The van der Waals surface area contributed by atoms with Gasteiger partial charge in [-0.3, -0.25) is 9.59 Å². The number of rotatable bonds is 8. The van der Waals surface area contributed by atoms with Crippen LogP contribution in [0.5, 0.6) is 0 Å². The average Bonchev–Trinajstić information content (AvgIpc) is 2.62. The van der Waals surface area contributed by atoms with Crippen LogP contribution in [-0.2, 0) is 28.7 Å². The molecule has 1 rings (SSSR count). The lowest BCUT2D eigenvalue weighted by atomic mass is 10.1. The Hall–Kier alpha value is -3.42. The lowest BCUT2D eigenvalue weighted by Gasteiger charge is -2.04. The number of hydrogen-bond acceptors (Lipinski definition) is 8. The third-order valence-corrected chi connectivity index (χ3v) is 2.97. The number of carbonyl (C=O) groups excluding carboxylic acids is 4. The van der Waals surface area contributed by atoms with Crippen LogP contribution in [-0.4, -0.2) is 46.9 Å². The minimum absolute atomic E-state index is 0.0317. The van der Waals surface area contributed by atoms with Crippen molar-refractivity contribution >= 4 is 35.0 Å². The Bertz CT molecular complexity index is 691. The fraction of sp³-hybridized carbons (Fsp3) is 0.222. The molecule has 0 aliphatic rings. The number of carbonyl (C=O) groups is 4. The zero-order valence-corrected chi connectivity index (χ0v) is 14.2. The molecular formula is C18H18O8. The van der Waals surface area contributed by atoms with E-state index in [1.807, 2.05) is 0 Å². The van der Waals surface area contributed by atoms with E-state index in [1.54, 1.807) is 13.8 Å². The van der Waals surface area contributed by atoms with Crippen LogP contribution in [0.4, 0.5) is 0 Å². The van der Waals surface area contributed by atoms with Crippen LogP contribution in [0.15, 0.2) is 36.4 Å². The maximum atomic E-state index is 11.5. The predicted octanol–water partition coefficient (Wildman–Crippen LogP) is 1.75. The quantitative estimate of drug-likeness (QED) is 0.310. The number of aliphatic hydroxyl groups is 2. The molecule has 8 nitrogen and oxygen atoms in total. The summed E-state index contributed by atoms with van der Waals surface area (Å²) in [5, 5.41) is 19.7. The van der Waals surface area contributed by atoms with Crippen molar-refractivity contribution in [1.29, 1.82) is 0 Å². The molecule has 0 saturated carbocycles. The highest BCUT2D eigenvalue weighted by Crippen LogP contribution is 2.17. The van der Waals surface area contributed by atoms with Crippen molar-refractivity contribution in [3.05, 3.63) is 47.5 Å². The van der Waals surface area contributed by atoms with E-state index >= 15 is 0 Å². The number of hydrogen-bond donors (Lipinski definition) is 2. The van der Waals surface area contributed by atoms with Crippen LogP contribution in [0.2, 0.25) is 0 Å². The lowest BCUT2D eigenvalue weighted by Crippen LogP contribution is -2.15. The van der Waals surface area contributed by atoms with Crippen molar-refractivity contribution in [1.82, 2.24) is 0 Å². The van der Waals surface area contributed by atoms with E-state index in [1.165, 1.54) is 24.3 Å². The normalized spacial score (nSPS) is 11.6. The number of benzene rings is 1. The zero-order valence-electron chi connectivity index (χ0n) is 14.2. The van der Waals surface area contributed by atoms with Gasteiger partial charge in [0.25, 0.3) is 11.6 Å². The van der Waals surface area contributed by atoms with E-state index in [4.69, 9.17) is 0 Å². The van der Waals surface area contributed by atoms with Gasteiger partial charge >= 0.3 is 11.9 Å². The largest absolute Gasteiger partial charge is 0.507 e. The molecule has 138 valence electrons. The molecule has 0 atom stereocenters. The number of aliphatic hydroxyl groups excluding tert-OH is 2. The Kier molecular flexibility index (Phi) is 7.75. The van der Waals surface area contributed by atoms with E-state index in [0.717, 1.165) is 0 Å². The van der Waals surface area contributed by atoms with Gasteiger partial charge in [0.15, 0.2) is 0 Å². The molecule has 0 fully saturated rings. The summed E-state index contributed by atoms with van der Waals surface area (Å²) >= 11 is 0. The van der Waals surface area contributed by atoms with Gasteiger partial charge in [-0.25, -0.2) is 9.59 Å². The second kappa shape index (κ2) is 9.77. The molecule has 0 amide bonds. The van der Waals surface area contributed by atoms with Crippen LogP contribution in [0.1, 0.15) is 25.0 Å². The number of ketones is 2. The van der Waals surface area contributed by atoms with Gasteiger partial charge < -0.3 is 19.7 Å². The standard InChI is InChI=1S/C18H18O8/c1-3-25-17(23)15(21)9-13(19)11-5-7-12(8-6-11)14(20)10-16(22)18(24)26-4-2/h5-10,19-20H,3-4H2,1-2H3. The lowest BCUT2D eigenvalue weighted by molar-refractivity contribution is -0.151. The molecule has 2 N–H and O–H groups in total. The summed E-state index contributed by atoms with van der Waals surface area (Å²) in [6.45, 7) is 3.15. The fourth-order valence-electron chi connectivity index (χ4n) is 1.75. The van der Waals surface area contributed by atoms with E-state index < -0.39 is 35.0 Å². The molecule has 0 saturated heterocycles. The van der Waals surface area contributed by atoms with Crippen LogP contribution in [0.25, 0.3) is 11.5 Å². The minimum atomic E-state index is -1.09. The highest BCUT2D eigenvalue weighted by Gasteiger charge is 2.15. The summed E-state index contributed by atoms with van der Waals surface area (Å²) in [6.07, 6.45) is 1.43. The third-order valence-electron chi connectivity index (χ3n) is 2.97. The second-order valence-corrected chi connectivity index (χ2v) is 4.81. The summed E-state index contributed by atoms with van der Waals surface area (Å²) in [5.41, 5.74) is 0.381. The Balaban J connectivity index is 2.91. The molecule has 0 aromatic heterocycles. The van der Waals surface area contributed by atoms with Gasteiger partial charge in [-0.1, -0.05) is 24.3 Å². The molecule has 0 aliphatic heterocycles. The maximum absolute atomic E-state index is 11.5. The Labute approximate surface area is 149 Å². The minimum Gasteiger partial charge on any atom is -0.507 e. The van der Waals surface area contributed by atoms with Gasteiger partial charge in [-0.15, -0.1) is 0 Å². The summed E-state index contributed by atoms with van der Waals surface area (Å²) in [6, 6.07) is 5.38. The van der Waals surface area contributed by atoms with Crippen molar-refractivity contribution in [3.63, 3.8) is 0 Å². The zero-order chi connectivity index (χ0) is 19.7. The van der Waals surface area contributed by atoms with Gasteiger partial charge in [-0.05, 0) is 13.8 Å². The molecule has 1 aromatic carbocycles. The number of esters is 2. The van der Waals surface area contributed by atoms with Crippen LogP contribution in [0.3, 0.4) is 0 Å². The first kappa shape index (κ1) is 20.6. The van der Waals surface area contributed by atoms with Gasteiger partial charge in [0, 0.05) is 23.3 Å². The Morgan fingerprint density at radius 1 is 0.769 bits per heavy atom. The van der Waals surface area contributed by atoms with E-state index in [2.05, 4.69) is 9.47 Å². The van der Waals surface area contributed by atoms with Crippen molar-refractivity contribution < 1.29 is 38.9 Å². The van der Waals surface area contributed by atoms with Gasteiger partial charge in [-0.2, -0.15) is 0 Å². The SMILES string of the molecule is CCOC(=O)C(=O)C=C(O)c1ccc(C(O)=CC(=O)C(=O)OCC)cc1. The summed E-state index contributed by atoms with van der Waals surface area (Å²) < 4.78 is 9.02. The van der Waals surface area contributed by atoms with Crippen LogP contribution < -0.4 is 0 Å². The smallest absolute Gasteiger partial charge is 0.379 e. The first-order valence-corrected chi connectivity index (χ1v) is 7.64. The first-order chi connectivity index (χ1) is 12.3. The molecular weight excluding hydrogens is 344 g/mol.